The highest BCUT2D eigenvalue weighted by Gasteiger charge is 2.58. The summed E-state index contributed by atoms with van der Waals surface area (Å²) < 4.78 is 61.1. The van der Waals surface area contributed by atoms with Crippen LogP contribution in [0.4, 0.5) is 0 Å². The third-order valence-corrected chi connectivity index (χ3v) is 14.3. The molecular weight excluding hydrogens is 854 g/mol. The van der Waals surface area contributed by atoms with Gasteiger partial charge in [-0.15, -0.1) is 0 Å². The van der Waals surface area contributed by atoms with E-state index < -0.39 is 152 Å². The van der Waals surface area contributed by atoms with E-state index in [9.17, 15) is 39.9 Å². The summed E-state index contributed by atoms with van der Waals surface area (Å²) in [6, 6.07) is -0.754. The van der Waals surface area contributed by atoms with Crippen LogP contribution >= 0.6 is 0 Å². The van der Waals surface area contributed by atoms with Crippen molar-refractivity contribution in [1.82, 2.24) is 4.90 Å². The highest BCUT2D eigenvalue weighted by Crippen LogP contribution is 2.46. The van der Waals surface area contributed by atoms with Gasteiger partial charge in [-0.05, 0) is 79.6 Å². The second-order valence-electron chi connectivity index (χ2n) is 19.6. The number of hydrogen-bond acceptors (Lipinski definition) is 19. The Morgan fingerprint density at radius 2 is 1.52 bits per heavy atom. The number of hydrogen-bond donors (Lipinski definition) is 5. The average Bonchev–Trinajstić information content (AvgIpc) is 3.91. The molecule has 0 amide bonds. The monoisotopic (exact) mass is 932 g/mol. The smallest absolute Gasteiger partial charge is 0.308 e. The van der Waals surface area contributed by atoms with Crippen molar-refractivity contribution in [1.29, 1.82) is 0 Å². The number of allylic oxidation sites excluding steroid dienone is 1. The molecule has 4 fully saturated rings. The predicted octanol–water partition coefficient (Wildman–Crippen LogP) is 1.04. The van der Waals surface area contributed by atoms with Gasteiger partial charge in [0.15, 0.2) is 24.7 Å². The molecule has 0 saturated carbocycles. The fourth-order valence-electron chi connectivity index (χ4n) is 10.2. The average molecular weight is 932 g/mol. The quantitative estimate of drug-likeness (QED) is 0.0983. The van der Waals surface area contributed by atoms with Gasteiger partial charge >= 0.3 is 5.97 Å². The molecule has 5 rings (SSSR count). The Hall–Kier alpha value is -2.05. The molecule has 374 valence electrons. The number of aldehydes is 1. The van der Waals surface area contributed by atoms with E-state index in [1.54, 1.807) is 59.7 Å². The Morgan fingerprint density at radius 3 is 2.12 bits per heavy atom. The van der Waals surface area contributed by atoms with Gasteiger partial charge in [-0.25, -0.2) is 0 Å². The summed E-state index contributed by atoms with van der Waals surface area (Å²) in [4.78, 5) is 41.8. The van der Waals surface area contributed by atoms with Gasteiger partial charge in [0.05, 0.1) is 61.3 Å². The number of ketones is 1. The summed E-state index contributed by atoms with van der Waals surface area (Å²) in [5.74, 6) is -3.70. The minimum Gasteiger partial charge on any atom is -0.462 e. The maximum atomic E-state index is 13.9. The zero-order valence-corrected chi connectivity index (χ0v) is 40.1. The second kappa shape index (κ2) is 22.6. The Kier molecular flexibility index (Phi) is 18.7. The predicted molar refractivity (Wildman–Crippen MR) is 230 cm³/mol. The van der Waals surface area contributed by atoms with Gasteiger partial charge in [0.2, 0.25) is 0 Å². The number of carbonyl (C=O) groups is 3. The van der Waals surface area contributed by atoms with Crippen molar-refractivity contribution >= 4 is 18.0 Å². The minimum atomic E-state index is -1.49. The van der Waals surface area contributed by atoms with E-state index in [1.807, 2.05) is 13.8 Å². The highest BCUT2D eigenvalue weighted by atomic mass is 16.7. The largest absolute Gasteiger partial charge is 0.462 e. The van der Waals surface area contributed by atoms with E-state index >= 15 is 0 Å². The number of methoxy groups -OCH3 is 2. The van der Waals surface area contributed by atoms with Crippen molar-refractivity contribution in [3.63, 3.8) is 0 Å². The number of carbonyl (C=O) groups excluding carboxylic acids is 3. The number of aliphatic hydroxyl groups excluding tert-OH is 4. The van der Waals surface area contributed by atoms with E-state index in [1.165, 1.54) is 27.2 Å². The Labute approximate surface area is 383 Å². The van der Waals surface area contributed by atoms with Gasteiger partial charge in [0, 0.05) is 44.8 Å². The maximum Gasteiger partial charge on any atom is 0.308 e. The van der Waals surface area contributed by atoms with Gasteiger partial charge in [0.1, 0.15) is 54.6 Å². The lowest BCUT2D eigenvalue weighted by Gasteiger charge is -2.50. The standard InChI is InChI=1S/C46H77NO18/c1-13-31-28(21-58-44-40(57-12)39(56-11)35(52)24(4)60-44)42-46(8,65-42)16-14-29(49)22(2)18-27(15-17-48)37(23(3)30(50)19-32(51)62-31)64-43-36(53)34(47(9)10)38(25(5)61-43)63-33-20-45(7,55)41(54)26(6)59-33/h14,16-17,22-28,30-31,33-44,50,52-55H,13,15,18-21H2,1-12H3/b16-14+/t22-,23+,24-,25-,26+,27+,28?,30-,31-,33+,34-,35?,36-,37?,38-,39?,40?,41+,42-,43+,44?,45-,46-/m1/s1. The van der Waals surface area contributed by atoms with Crippen LogP contribution in [0, 0.1) is 23.7 Å². The summed E-state index contributed by atoms with van der Waals surface area (Å²) in [6.07, 6.45) is -11.1. The van der Waals surface area contributed by atoms with E-state index in [-0.39, 0.29) is 31.7 Å². The molecule has 0 aliphatic carbocycles. The molecule has 0 aromatic heterocycles. The van der Waals surface area contributed by atoms with Crippen LogP contribution in [-0.4, -0.2) is 199 Å². The summed E-state index contributed by atoms with van der Waals surface area (Å²) in [7, 11) is 6.42. The molecule has 5 heterocycles. The number of nitrogens with zero attached hydrogens (tertiary/aromatic N) is 1. The molecule has 5 aliphatic rings. The Morgan fingerprint density at radius 1 is 0.862 bits per heavy atom. The van der Waals surface area contributed by atoms with Crippen molar-refractivity contribution in [2.75, 3.05) is 34.9 Å². The second-order valence-corrected chi connectivity index (χ2v) is 19.6. The molecule has 19 nitrogen and oxygen atoms in total. The van der Waals surface area contributed by atoms with Crippen molar-refractivity contribution in [3.8, 4) is 0 Å². The first-order valence-corrected chi connectivity index (χ1v) is 23.1. The van der Waals surface area contributed by atoms with Crippen LogP contribution in [0.3, 0.4) is 0 Å². The Balaban J connectivity index is 1.40. The molecule has 0 aromatic rings. The van der Waals surface area contributed by atoms with Gasteiger partial charge < -0.3 is 82.6 Å². The normalized spacial score (nSPS) is 48.6. The lowest BCUT2D eigenvalue weighted by molar-refractivity contribution is -0.341. The third kappa shape index (κ3) is 12.4. The van der Waals surface area contributed by atoms with E-state index in [2.05, 4.69) is 0 Å². The molecule has 0 bridgehead atoms. The van der Waals surface area contributed by atoms with Gasteiger partial charge in [0.25, 0.3) is 0 Å². The number of fused-ring (bicyclic) bond motifs is 1. The van der Waals surface area contributed by atoms with Crippen LogP contribution in [0.15, 0.2) is 12.2 Å². The molecule has 5 aliphatic heterocycles. The van der Waals surface area contributed by atoms with Crippen molar-refractivity contribution < 1.29 is 87.3 Å². The fraction of sp³-hybridized carbons (Fsp3) is 0.891. The van der Waals surface area contributed by atoms with Gasteiger partial charge in [-0.3, -0.25) is 9.59 Å². The molecule has 23 atom stereocenters. The van der Waals surface area contributed by atoms with Crippen molar-refractivity contribution in [3.05, 3.63) is 12.2 Å². The first kappa shape index (κ1) is 53.9. The number of aliphatic hydroxyl groups is 5. The topological polar surface area (TPSA) is 251 Å². The lowest BCUT2D eigenvalue weighted by Crippen LogP contribution is -2.65. The molecule has 5 N–H and O–H groups in total. The molecular formula is C46H77NO18. The molecule has 65 heavy (non-hydrogen) atoms. The summed E-state index contributed by atoms with van der Waals surface area (Å²) in [5.41, 5.74) is -2.43. The summed E-state index contributed by atoms with van der Waals surface area (Å²) in [5, 5.41) is 55.9. The summed E-state index contributed by atoms with van der Waals surface area (Å²) in [6.45, 7) is 13.6. The molecule has 0 spiro atoms. The molecule has 0 aromatic carbocycles. The van der Waals surface area contributed by atoms with Gasteiger partial charge in [-0.2, -0.15) is 0 Å². The zero-order valence-electron chi connectivity index (χ0n) is 40.1. The number of esters is 1. The van der Waals surface area contributed by atoms with Crippen LogP contribution in [-0.2, 0) is 61.8 Å². The fourth-order valence-corrected chi connectivity index (χ4v) is 10.2. The molecule has 19 heteroatoms. The van der Waals surface area contributed by atoms with Crippen LogP contribution in [0.25, 0.3) is 0 Å². The first-order valence-electron chi connectivity index (χ1n) is 23.1. The maximum absolute atomic E-state index is 13.9. The van der Waals surface area contributed by atoms with Crippen molar-refractivity contribution in [2.45, 2.75) is 203 Å². The number of likely N-dealkylation sites (N-methyl/N-ethyl adjacent to an activating group) is 1. The molecule has 6 unspecified atom stereocenters. The van der Waals surface area contributed by atoms with Crippen LogP contribution in [0.5, 0.6) is 0 Å². The first-order chi connectivity index (χ1) is 30.5. The third-order valence-electron chi connectivity index (χ3n) is 14.3. The lowest BCUT2D eigenvalue weighted by atomic mass is 9.79. The number of rotatable bonds is 13. The number of cyclic esters (lactones) is 1. The number of epoxide rings is 1. The SMILES string of the molecule is CC[C@H]1OC(=O)C[C@@H](O)[C@H](C)C(O[C@@H]2O[C@H](C)[C@@H](O[C@H]3C[C@@](C)(O)[C@@H](O)[C@H](C)O3)[C@H](N(C)C)[C@H]2O)[C@@H](CC=O)C[C@@H](C)C(=O)/C=C/[C@@]2(C)O[C@@H]2C1COC1O[C@H](C)C(O)C(OC)C1OC. The van der Waals surface area contributed by atoms with E-state index in [4.69, 9.17) is 47.4 Å². The minimum absolute atomic E-state index is 0.0328. The van der Waals surface area contributed by atoms with E-state index in [0.717, 1.165) is 0 Å². The summed E-state index contributed by atoms with van der Waals surface area (Å²) >= 11 is 0. The number of ether oxygens (including phenoxy) is 10. The van der Waals surface area contributed by atoms with E-state index in [0.29, 0.717) is 12.7 Å². The zero-order chi connectivity index (χ0) is 48.3. The van der Waals surface area contributed by atoms with Crippen LogP contribution in [0.2, 0.25) is 0 Å². The molecule has 4 saturated heterocycles. The highest BCUT2D eigenvalue weighted by molar-refractivity contribution is 5.91. The Bertz CT molecular complexity index is 1600. The van der Waals surface area contributed by atoms with Crippen LogP contribution < -0.4 is 0 Å². The molecule has 0 radical (unpaired) electrons. The van der Waals surface area contributed by atoms with Crippen LogP contribution in [0.1, 0.15) is 87.5 Å². The van der Waals surface area contributed by atoms with Gasteiger partial charge in [-0.1, -0.05) is 20.8 Å². The van der Waals surface area contributed by atoms with Crippen molar-refractivity contribution in [2.24, 2.45) is 23.7 Å².